The molecule has 2 aliphatic carbocycles. The lowest BCUT2D eigenvalue weighted by Gasteiger charge is -2.21. The second-order valence-corrected chi connectivity index (χ2v) is 4.81. The fourth-order valence-corrected chi connectivity index (χ4v) is 2.51. The number of fused-ring (bicyclic) bond motifs is 2. The van der Waals surface area contributed by atoms with Crippen LogP contribution in [0.5, 0.6) is 0 Å². The lowest BCUT2D eigenvalue weighted by atomic mass is 10.0. The van der Waals surface area contributed by atoms with Gasteiger partial charge in [-0.3, -0.25) is 0 Å². The van der Waals surface area contributed by atoms with Gasteiger partial charge in [-0.25, -0.2) is 0 Å². The Morgan fingerprint density at radius 3 is 2.77 bits per heavy atom. The van der Waals surface area contributed by atoms with Crippen LogP contribution < -0.4 is 5.32 Å². The van der Waals surface area contributed by atoms with Gasteiger partial charge in [0, 0.05) is 6.04 Å². The Hall–Kier alpha value is -0.300. The normalized spacial score (nSPS) is 38.5. The SMILES string of the molecule is CCC(C)CNC1CC2C=CC1C2. The Labute approximate surface area is 81.6 Å². The summed E-state index contributed by atoms with van der Waals surface area (Å²) in [7, 11) is 0. The lowest BCUT2D eigenvalue weighted by molar-refractivity contribution is 0.401. The minimum atomic E-state index is 0.795. The molecule has 0 aliphatic heterocycles. The summed E-state index contributed by atoms with van der Waals surface area (Å²) in [5.41, 5.74) is 0. The van der Waals surface area contributed by atoms with Crippen LogP contribution in [0.25, 0.3) is 0 Å². The third-order valence-electron chi connectivity index (χ3n) is 3.70. The molecule has 0 aromatic heterocycles. The van der Waals surface area contributed by atoms with E-state index in [-0.39, 0.29) is 0 Å². The molecule has 1 N–H and O–H groups in total. The van der Waals surface area contributed by atoms with Crippen molar-refractivity contribution in [1.29, 1.82) is 0 Å². The van der Waals surface area contributed by atoms with Gasteiger partial charge in [-0.2, -0.15) is 0 Å². The molecule has 0 saturated heterocycles. The molecule has 0 radical (unpaired) electrons. The largest absolute Gasteiger partial charge is 0.313 e. The van der Waals surface area contributed by atoms with Crippen molar-refractivity contribution in [2.24, 2.45) is 17.8 Å². The van der Waals surface area contributed by atoms with Crippen LogP contribution in [-0.2, 0) is 0 Å². The predicted molar refractivity (Wildman–Crippen MR) is 56.6 cm³/mol. The summed E-state index contributed by atoms with van der Waals surface area (Å²) in [4.78, 5) is 0. The minimum Gasteiger partial charge on any atom is -0.313 e. The average Bonchev–Trinajstić information content (AvgIpc) is 2.74. The van der Waals surface area contributed by atoms with Crippen molar-refractivity contribution in [3.05, 3.63) is 12.2 Å². The summed E-state index contributed by atoms with van der Waals surface area (Å²) < 4.78 is 0. The average molecular weight is 179 g/mol. The maximum Gasteiger partial charge on any atom is 0.0136 e. The lowest BCUT2D eigenvalue weighted by Crippen LogP contribution is -2.35. The molecule has 0 spiro atoms. The quantitative estimate of drug-likeness (QED) is 0.654. The van der Waals surface area contributed by atoms with Gasteiger partial charge in [0.05, 0.1) is 0 Å². The number of allylic oxidation sites excluding steroid dienone is 1. The van der Waals surface area contributed by atoms with Crippen LogP contribution in [0.4, 0.5) is 0 Å². The van der Waals surface area contributed by atoms with Crippen LogP contribution in [-0.4, -0.2) is 12.6 Å². The van der Waals surface area contributed by atoms with Crippen LogP contribution in [0.1, 0.15) is 33.1 Å². The van der Waals surface area contributed by atoms with Gasteiger partial charge in [0.25, 0.3) is 0 Å². The fourth-order valence-electron chi connectivity index (χ4n) is 2.51. The number of hydrogen-bond donors (Lipinski definition) is 1. The molecule has 0 aromatic rings. The predicted octanol–water partition coefficient (Wildman–Crippen LogP) is 2.59. The smallest absolute Gasteiger partial charge is 0.0136 e. The van der Waals surface area contributed by atoms with Gasteiger partial charge in [0.15, 0.2) is 0 Å². The van der Waals surface area contributed by atoms with E-state index >= 15 is 0 Å². The highest BCUT2D eigenvalue weighted by Crippen LogP contribution is 2.38. The highest BCUT2D eigenvalue weighted by Gasteiger charge is 2.34. The van der Waals surface area contributed by atoms with Crippen molar-refractivity contribution >= 4 is 0 Å². The number of nitrogens with one attached hydrogen (secondary N) is 1. The molecule has 13 heavy (non-hydrogen) atoms. The summed E-state index contributed by atoms with van der Waals surface area (Å²) in [6.45, 7) is 5.81. The second-order valence-electron chi connectivity index (χ2n) is 4.81. The molecule has 0 aromatic carbocycles. The molecule has 2 bridgehead atoms. The zero-order valence-electron chi connectivity index (χ0n) is 8.79. The molecule has 1 heteroatoms. The first-order chi connectivity index (χ1) is 6.29. The van der Waals surface area contributed by atoms with Gasteiger partial charge < -0.3 is 5.32 Å². The summed E-state index contributed by atoms with van der Waals surface area (Å²) in [6.07, 6.45) is 8.92. The first kappa shape index (κ1) is 9.26. The van der Waals surface area contributed by atoms with E-state index in [1.807, 2.05) is 0 Å². The standard InChI is InChI=1S/C12H21N/c1-3-9(2)8-13-12-7-10-4-5-11(12)6-10/h4-5,9-13H,3,6-8H2,1-2H3. The molecule has 1 fully saturated rings. The summed E-state index contributed by atoms with van der Waals surface area (Å²) in [6, 6.07) is 0.795. The maximum atomic E-state index is 3.71. The van der Waals surface area contributed by atoms with Gasteiger partial charge in [-0.1, -0.05) is 32.4 Å². The van der Waals surface area contributed by atoms with E-state index in [9.17, 15) is 0 Å². The van der Waals surface area contributed by atoms with E-state index in [1.165, 1.54) is 25.8 Å². The second kappa shape index (κ2) is 3.83. The van der Waals surface area contributed by atoms with Crippen LogP contribution in [0.15, 0.2) is 12.2 Å². The van der Waals surface area contributed by atoms with Crippen molar-refractivity contribution in [1.82, 2.24) is 5.32 Å². The molecule has 2 rings (SSSR count). The zero-order valence-corrected chi connectivity index (χ0v) is 8.79. The van der Waals surface area contributed by atoms with Crippen molar-refractivity contribution in [3.63, 3.8) is 0 Å². The molecule has 1 saturated carbocycles. The van der Waals surface area contributed by atoms with E-state index < -0.39 is 0 Å². The molecule has 4 unspecified atom stereocenters. The molecule has 74 valence electrons. The van der Waals surface area contributed by atoms with E-state index in [0.717, 1.165) is 23.8 Å². The number of hydrogen-bond acceptors (Lipinski definition) is 1. The Kier molecular flexibility index (Phi) is 2.73. The van der Waals surface area contributed by atoms with E-state index in [4.69, 9.17) is 0 Å². The van der Waals surface area contributed by atoms with Gasteiger partial charge in [-0.05, 0) is 37.1 Å². The highest BCUT2D eigenvalue weighted by molar-refractivity contribution is 5.12. The Balaban J connectivity index is 1.75. The van der Waals surface area contributed by atoms with Gasteiger partial charge in [0.2, 0.25) is 0 Å². The first-order valence-electron chi connectivity index (χ1n) is 5.71. The van der Waals surface area contributed by atoms with Crippen LogP contribution >= 0.6 is 0 Å². The fraction of sp³-hybridized carbons (Fsp3) is 0.833. The summed E-state index contributed by atoms with van der Waals surface area (Å²) in [5, 5.41) is 3.71. The van der Waals surface area contributed by atoms with Crippen LogP contribution in [0.3, 0.4) is 0 Å². The molecule has 0 heterocycles. The summed E-state index contributed by atoms with van der Waals surface area (Å²) in [5.74, 6) is 2.59. The summed E-state index contributed by atoms with van der Waals surface area (Å²) >= 11 is 0. The topological polar surface area (TPSA) is 12.0 Å². The van der Waals surface area contributed by atoms with Crippen molar-refractivity contribution < 1.29 is 0 Å². The third kappa shape index (κ3) is 1.96. The van der Waals surface area contributed by atoms with E-state index in [2.05, 4.69) is 31.3 Å². The van der Waals surface area contributed by atoms with Gasteiger partial charge in [-0.15, -0.1) is 0 Å². The van der Waals surface area contributed by atoms with Crippen molar-refractivity contribution in [2.75, 3.05) is 6.54 Å². The molecule has 0 amide bonds. The molecule has 2 aliphatic rings. The molecule has 1 nitrogen and oxygen atoms in total. The maximum absolute atomic E-state index is 3.71. The highest BCUT2D eigenvalue weighted by atomic mass is 14.9. The van der Waals surface area contributed by atoms with E-state index in [0.29, 0.717) is 0 Å². The van der Waals surface area contributed by atoms with Crippen LogP contribution in [0, 0.1) is 17.8 Å². The number of rotatable bonds is 4. The Morgan fingerprint density at radius 1 is 1.38 bits per heavy atom. The zero-order chi connectivity index (χ0) is 9.26. The van der Waals surface area contributed by atoms with Crippen molar-refractivity contribution in [3.8, 4) is 0 Å². The van der Waals surface area contributed by atoms with Crippen molar-refractivity contribution in [2.45, 2.75) is 39.2 Å². The Morgan fingerprint density at radius 2 is 2.23 bits per heavy atom. The Bertz CT molecular complexity index is 197. The molecular formula is C12H21N. The van der Waals surface area contributed by atoms with E-state index in [1.54, 1.807) is 0 Å². The third-order valence-corrected chi connectivity index (χ3v) is 3.70. The van der Waals surface area contributed by atoms with Gasteiger partial charge >= 0.3 is 0 Å². The minimum absolute atomic E-state index is 0.795. The molecular weight excluding hydrogens is 158 g/mol. The first-order valence-corrected chi connectivity index (χ1v) is 5.71. The monoisotopic (exact) mass is 179 g/mol. The van der Waals surface area contributed by atoms with Gasteiger partial charge in [0.1, 0.15) is 0 Å². The molecule has 4 atom stereocenters. The van der Waals surface area contributed by atoms with Crippen LogP contribution in [0.2, 0.25) is 0 Å².